The second kappa shape index (κ2) is 12.6. The van der Waals surface area contributed by atoms with Crippen molar-refractivity contribution in [2.75, 3.05) is 6.61 Å². The number of hydrazine groups is 1. The number of hydrogen-bond acceptors (Lipinski definition) is 12. The van der Waals surface area contributed by atoms with Gasteiger partial charge in [-0.1, -0.05) is 11.8 Å². The molecule has 1 saturated heterocycles. The molecule has 1 fully saturated rings. The van der Waals surface area contributed by atoms with E-state index in [0.29, 0.717) is 23.9 Å². The maximum absolute atomic E-state index is 13.7. The minimum Gasteiger partial charge on any atom is -0.463 e. The van der Waals surface area contributed by atoms with Gasteiger partial charge in [0, 0.05) is 32.5 Å². The molecule has 0 aromatic heterocycles. The van der Waals surface area contributed by atoms with Crippen molar-refractivity contribution in [1.82, 2.24) is 5.01 Å². The van der Waals surface area contributed by atoms with Crippen molar-refractivity contribution in [3.05, 3.63) is 41.3 Å². The first kappa shape index (κ1) is 28.9. The Balaban J connectivity index is 2.56. The molecule has 198 valence electrons. The number of nitrogens with two attached hydrogens (primary N) is 2. The minimum atomic E-state index is -1.70. The van der Waals surface area contributed by atoms with Gasteiger partial charge in [0.15, 0.2) is 34.8 Å². The van der Waals surface area contributed by atoms with Gasteiger partial charge in [-0.25, -0.2) is 19.0 Å². The predicted molar refractivity (Wildman–Crippen MR) is 118 cm³/mol. The van der Waals surface area contributed by atoms with Crippen LogP contribution >= 0.6 is 11.8 Å². The third kappa shape index (κ3) is 7.35. The van der Waals surface area contributed by atoms with E-state index in [0.717, 1.165) is 25.1 Å². The molecule has 1 heterocycles. The second-order valence-corrected chi connectivity index (χ2v) is 8.78. The van der Waals surface area contributed by atoms with Crippen molar-refractivity contribution in [2.24, 2.45) is 11.6 Å². The van der Waals surface area contributed by atoms with Gasteiger partial charge in [-0.15, -0.1) is 0 Å². The van der Waals surface area contributed by atoms with Gasteiger partial charge < -0.3 is 29.7 Å². The lowest BCUT2D eigenvalue weighted by Crippen LogP contribution is -2.66. The summed E-state index contributed by atoms with van der Waals surface area (Å²) < 4.78 is 61.9. The highest BCUT2D eigenvalue weighted by molar-refractivity contribution is 8.14. The molecule has 0 radical (unpaired) electrons. The number of nitrogens with zero attached hydrogens (tertiary/aromatic N) is 1. The molecule has 1 aliphatic heterocycles. The monoisotopic (exact) mass is 535 g/mol. The lowest BCUT2D eigenvalue weighted by atomic mass is 9.96. The van der Waals surface area contributed by atoms with E-state index in [1.165, 1.54) is 6.92 Å². The number of carbonyl (C=O) groups is 4. The van der Waals surface area contributed by atoms with Crippen molar-refractivity contribution >= 4 is 41.0 Å². The lowest BCUT2D eigenvalue weighted by Gasteiger charge is -2.46. The first-order chi connectivity index (χ1) is 16.8. The second-order valence-electron chi connectivity index (χ2n) is 7.50. The highest BCUT2D eigenvalue weighted by atomic mass is 32.2. The van der Waals surface area contributed by atoms with Crippen LogP contribution in [0.4, 0.5) is 13.2 Å². The highest BCUT2D eigenvalue weighted by Crippen LogP contribution is 2.34. The summed E-state index contributed by atoms with van der Waals surface area (Å²) in [6, 6.07) is -0.0507. The van der Waals surface area contributed by atoms with Crippen LogP contribution in [0.5, 0.6) is 0 Å². The van der Waals surface area contributed by atoms with Gasteiger partial charge in [-0.3, -0.25) is 19.2 Å². The van der Waals surface area contributed by atoms with Crippen LogP contribution in [0.1, 0.15) is 26.3 Å². The fraction of sp³-hybridized carbons (Fsp3) is 0.429. The molecule has 36 heavy (non-hydrogen) atoms. The van der Waals surface area contributed by atoms with Gasteiger partial charge in [0.2, 0.25) is 0 Å². The van der Waals surface area contributed by atoms with Crippen LogP contribution in [-0.4, -0.2) is 64.9 Å². The van der Waals surface area contributed by atoms with E-state index in [4.69, 9.17) is 30.5 Å². The number of carbonyl (C=O) groups excluding carboxylic acids is 4. The third-order valence-corrected chi connectivity index (χ3v) is 5.76. The largest absolute Gasteiger partial charge is 0.463 e. The molecule has 0 aliphatic carbocycles. The van der Waals surface area contributed by atoms with Crippen LogP contribution in [0.3, 0.4) is 0 Å². The van der Waals surface area contributed by atoms with Gasteiger partial charge in [-0.05, 0) is 12.1 Å². The summed E-state index contributed by atoms with van der Waals surface area (Å²) >= 11 is 0.623. The Bertz CT molecular complexity index is 1020. The number of halogens is 3. The summed E-state index contributed by atoms with van der Waals surface area (Å²) in [5, 5.41) is 0.388. The zero-order chi connectivity index (χ0) is 27.2. The van der Waals surface area contributed by atoms with Crippen LogP contribution < -0.4 is 11.6 Å². The fourth-order valence-corrected chi connectivity index (χ4v) is 4.30. The van der Waals surface area contributed by atoms with Crippen molar-refractivity contribution in [2.45, 2.75) is 50.6 Å². The van der Waals surface area contributed by atoms with Crippen LogP contribution in [0.25, 0.3) is 5.70 Å². The van der Waals surface area contributed by atoms with Crippen LogP contribution in [0.15, 0.2) is 18.3 Å². The summed E-state index contributed by atoms with van der Waals surface area (Å²) in [6.07, 6.45) is -2.93. The molecule has 5 atom stereocenters. The van der Waals surface area contributed by atoms with E-state index in [1.807, 2.05) is 0 Å². The van der Waals surface area contributed by atoms with Gasteiger partial charge in [-0.2, -0.15) is 0 Å². The molecule has 5 unspecified atom stereocenters. The molecule has 2 rings (SSSR count). The number of esters is 2. The van der Waals surface area contributed by atoms with Crippen LogP contribution in [0.2, 0.25) is 0 Å². The number of rotatable bonds is 9. The number of ether oxygens (including phenoxy) is 4. The van der Waals surface area contributed by atoms with Crippen molar-refractivity contribution < 1.29 is 51.3 Å². The Labute approximate surface area is 207 Å². The average molecular weight is 535 g/mol. The standard InChI is InChI=1S/C21H24F3N3O8S/c1-9(29)32-7-16-19(34-10(2)30)18(20(33-8-28)21(35-16)36-11(3)31)27(26)6-15(25)12-4-13(22)17(24)14(23)5-12/h4-6,8,16,18-21H,7,25-26H2,1-3H3/b15-6-. The van der Waals surface area contributed by atoms with E-state index < -0.39 is 70.9 Å². The van der Waals surface area contributed by atoms with E-state index in [9.17, 15) is 32.3 Å². The molecule has 0 saturated carbocycles. The first-order valence-corrected chi connectivity index (χ1v) is 11.1. The first-order valence-electron chi connectivity index (χ1n) is 10.2. The Hall–Kier alpha value is -3.30. The van der Waals surface area contributed by atoms with E-state index in [1.54, 1.807) is 0 Å². The quantitative estimate of drug-likeness (QED) is 0.115. The molecule has 1 aromatic rings. The summed E-state index contributed by atoms with van der Waals surface area (Å²) in [7, 11) is 0. The van der Waals surface area contributed by atoms with Crippen molar-refractivity contribution in [3.63, 3.8) is 0 Å². The Morgan fingerprint density at radius 3 is 2.22 bits per heavy atom. The molecule has 1 aromatic carbocycles. The molecular weight excluding hydrogens is 511 g/mol. The maximum Gasteiger partial charge on any atom is 0.303 e. The normalized spacial score (nSPS) is 24.0. The highest BCUT2D eigenvalue weighted by Gasteiger charge is 2.52. The van der Waals surface area contributed by atoms with Gasteiger partial charge in [0.25, 0.3) is 6.47 Å². The smallest absolute Gasteiger partial charge is 0.303 e. The van der Waals surface area contributed by atoms with Gasteiger partial charge in [0.05, 0.1) is 5.70 Å². The summed E-state index contributed by atoms with van der Waals surface area (Å²) in [6.45, 7) is 3.03. The summed E-state index contributed by atoms with van der Waals surface area (Å²) in [5.41, 5.74) is 4.08. The van der Waals surface area contributed by atoms with Crippen molar-refractivity contribution in [1.29, 1.82) is 0 Å². The SMILES string of the molecule is CC(=O)OCC1OC(SC(C)=O)C(OC=O)C(N(N)/C=C(\N)c2cc(F)c(F)c(F)c2)C1OC(C)=O. The molecule has 0 amide bonds. The third-order valence-electron chi connectivity index (χ3n) is 4.81. The maximum atomic E-state index is 13.7. The molecular formula is C21H24F3N3O8S. The molecule has 0 bridgehead atoms. The zero-order valence-corrected chi connectivity index (χ0v) is 20.1. The topological polar surface area (TPSA) is 160 Å². The number of hydrogen-bond donors (Lipinski definition) is 2. The Kier molecular flexibility index (Phi) is 10.1. The molecule has 4 N–H and O–H groups in total. The summed E-state index contributed by atoms with van der Waals surface area (Å²) in [4.78, 5) is 46.3. The molecule has 1 aliphatic rings. The average Bonchev–Trinajstić information content (AvgIpc) is 2.77. The molecule has 11 nitrogen and oxygen atoms in total. The lowest BCUT2D eigenvalue weighted by molar-refractivity contribution is -0.212. The Morgan fingerprint density at radius 1 is 1.11 bits per heavy atom. The zero-order valence-electron chi connectivity index (χ0n) is 19.3. The molecule has 15 heteroatoms. The van der Waals surface area contributed by atoms with Crippen molar-refractivity contribution in [3.8, 4) is 0 Å². The van der Waals surface area contributed by atoms with E-state index >= 15 is 0 Å². The molecule has 0 spiro atoms. The summed E-state index contributed by atoms with van der Waals surface area (Å²) in [5.74, 6) is -0.0444. The van der Waals surface area contributed by atoms with E-state index in [-0.39, 0.29) is 17.7 Å². The number of thioether (sulfide) groups is 1. The fourth-order valence-electron chi connectivity index (χ4n) is 3.42. The van der Waals surface area contributed by atoms with Crippen LogP contribution in [0, 0.1) is 17.5 Å². The van der Waals surface area contributed by atoms with Crippen LogP contribution in [-0.2, 0) is 38.1 Å². The van der Waals surface area contributed by atoms with Gasteiger partial charge >= 0.3 is 11.9 Å². The minimum absolute atomic E-state index is 0.0532. The van der Waals surface area contributed by atoms with E-state index in [2.05, 4.69) is 0 Å². The predicted octanol–water partition coefficient (Wildman–Crippen LogP) is 0.946. The number of benzene rings is 1. The Morgan fingerprint density at radius 2 is 1.72 bits per heavy atom. The van der Waals surface area contributed by atoms with Gasteiger partial charge in [0.1, 0.15) is 24.2 Å².